The summed E-state index contributed by atoms with van der Waals surface area (Å²) in [6.07, 6.45) is 0. The van der Waals surface area contributed by atoms with Gasteiger partial charge in [-0.1, -0.05) is 0 Å². The highest BCUT2D eigenvalue weighted by Crippen LogP contribution is 2.21. The summed E-state index contributed by atoms with van der Waals surface area (Å²) < 4.78 is 0. The molecule has 1 rings (SSSR count). The molecule has 0 spiro atoms. The van der Waals surface area contributed by atoms with Gasteiger partial charge in [-0.2, -0.15) is 5.26 Å². The van der Waals surface area contributed by atoms with Crippen LogP contribution in [0.3, 0.4) is 0 Å². The van der Waals surface area contributed by atoms with E-state index in [1.54, 1.807) is 0 Å². The fourth-order valence-electron chi connectivity index (χ4n) is 1.95. The molecule has 0 aliphatic heterocycles. The summed E-state index contributed by atoms with van der Waals surface area (Å²) in [5, 5.41) is 12.0. The maximum atomic E-state index is 11.7. The Morgan fingerprint density at radius 2 is 2.16 bits per heavy atom. The lowest BCUT2D eigenvalue weighted by atomic mass is 10.1. The van der Waals surface area contributed by atoms with Crippen LogP contribution in [-0.4, -0.2) is 30.5 Å². The summed E-state index contributed by atoms with van der Waals surface area (Å²) in [6, 6.07) is 4.05. The Labute approximate surface area is 114 Å². The van der Waals surface area contributed by atoms with Gasteiger partial charge in [0, 0.05) is 18.8 Å². The molecule has 102 valence electrons. The Bertz CT molecular complexity index is 505. The van der Waals surface area contributed by atoms with Crippen molar-refractivity contribution in [2.45, 2.75) is 27.7 Å². The van der Waals surface area contributed by atoms with Gasteiger partial charge in [0.2, 0.25) is 5.91 Å². The fraction of sp³-hybridized carbons (Fsp3) is 0.500. The predicted octanol–water partition coefficient (Wildman–Crippen LogP) is 1.53. The lowest BCUT2D eigenvalue weighted by molar-refractivity contribution is -0.119. The molecule has 1 amide bonds. The summed E-state index contributed by atoms with van der Waals surface area (Å²) in [4.78, 5) is 17.9. The van der Waals surface area contributed by atoms with Crippen LogP contribution in [-0.2, 0) is 4.79 Å². The smallest absolute Gasteiger partial charge is 0.239 e. The molecule has 1 aromatic heterocycles. The minimum atomic E-state index is -0.0609. The van der Waals surface area contributed by atoms with Crippen LogP contribution < -0.4 is 10.2 Å². The zero-order valence-electron chi connectivity index (χ0n) is 11.9. The normalized spacial score (nSPS) is 9.84. The van der Waals surface area contributed by atoms with E-state index in [9.17, 15) is 10.1 Å². The van der Waals surface area contributed by atoms with Crippen LogP contribution in [0.1, 0.15) is 30.7 Å². The van der Waals surface area contributed by atoms with Crippen molar-refractivity contribution >= 4 is 11.7 Å². The summed E-state index contributed by atoms with van der Waals surface area (Å²) in [6.45, 7) is 9.04. The summed E-state index contributed by atoms with van der Waals surface area (Å²) >= 11 is 0. The third-order valence-corrected chi connectivity index (χ3v) is 2.83. The summed E-state index contributed by atoms with van der Waals surface area (Å²) in [7, 11) is 0. The number of carbonyl (C=O) groups excluding carboxylic acids is 1. The minimum Gasteiger partial charge on any atom is -0.355 e. The molecule has 1 aromatic rings. The van der Waals surface area contributed by atoms with Crippen LogP contribution in [0, 0.1) is 25.2 Å². The monoisotopic (exact) mass is 260 g/mol. The Hall–Kier alpha value is -2.09. The molecule has 1 heterocycles. The molecule has 0 saturated carbocycles. The second-order valence-corrected chi connectivity index (χ2v) is 4.36. The Morgan fingerprint density at radius 3 is 2.68 bits per heavy atom. The van der Waals surface area contributed by atoms with Crippen LogP contribution in [0.2, 0.25) is 0 Å². The van der Waals surface area contributed by atoms with Crippen molar-refractivity contribution in [2.24, 2.45) is 0 Å². The number of nitriles is 1. The highest BCUT2D eigenvalue weighted by Gasteiger charge is 2.16. The average Bonchev–Trinajstić information content (AvgIpc) is 2.35. The van der Waals surface area contributed by atoms with Crippen molar-refractivity contribution in [1.29, 1.82) is 5.26 Å². The number of likely N-dealkylation sites (N-methyl/N-ethyl adjacent to an activating group) is 2. The molecule has 1 N–H and O–H groups in total. The molecule has 19 heavy (non-hydrogen) atoms. The van der Waals surface area contributed by atoms with Crippen molar-refractivity contribution in [2.75, 3.05) is 24.5 Å². The van der Waals surface area contributed by atoms with Crippen LogP contribution in [0.25, 0.3) is 0 Å². The second-order valence-electron chi connectivity index (χ2n) is 4.36. The molecule has 0 atom stereocenters. The molecule has 0 fully saturated rings. The van der Waals surface area contributed by atoms with Crippen molar-refractivity contribution in [3.8, 4) is 6.07 Å². The molecule has 0 unspecified atom stereocenters. The standard InChI is InChI=1S/C14H20N4O/c1-5-16-13(19)9-18(6-2)14-12(8-15)10(3)7-11(4)17-14/h7H,5-6,9H2,1-4H3,(H,16,19). The minimum absolute atomic E-state index is 0.0609. The highest BCUT2D eigenvalue weighted by atomic mass is 16.2. The number of rotatable bonds is 5. The van der Waals surface area contributed by atoms with Crippen LogP contribution >= 0.6 is 0 Å². The molecule has 0 aliphatic carbocycles. The predicted molar refractivity (Wildman–Crippen MR) is 75.0 cm³/mol. The topological polar surface area (TPSA) is 69.0 Å². The zero-order chi connectivity index (χ0) is 14.4. The third-order valence-electron chi connectivity index (χ3n) is 2.83. The molecular formula is C14H20N4O. The molecule has 0 bridgehead atoms. The largest absolute Gasteiger partial charge is 0.355 e. The zero-order valence-corrected chi connectivity index (χ0v) is 11.9. The van der Waals surface area contributed by atoms with E-state index in [0.29, 0.717) is 24.5 Å². The number of hydrogen-bond donors (Lipinski definition) is 1. The second kappa shape index (κ2) is 6.74. The highest BCUT2D eigenvalue weighted by molar-refractivity contribution is 5.81. The van der Waals surface area contributed by atoms with Gasteiger partial charge in [0.05, 0.1) is 12.1 Å². The fourth-order valence-corrected chi connectivity index (χ4v) is 1.95. The number of carbonyl (C=O) groups is 1. The number of nitrogens with zero attached hydrogens (tertiary/aromatic N) is 3. The number of hydrogen-bond acceptors (Lipinski definition) is 4. The van der Waals surface area contributed by atoms with Gasteiger partial charge in [-0.3, -0.25) is 4.79 Å². The number of anilines is 1. The van der Waals surface area contributed by atoms with Gasteiger partial charge < -0.3 is 10.2 Å². The van der Waals surface area contributed by atoms with E-state index < -0.39 is 0 Å². The number of nitrogens with one attached hydrogen (secondary N) is 1. The number of aryl methyl sites for hydroxylation is 2. The van der Waals surface area contributed by atoms with E-state index in [-0.39, 0.29) is 12.5 Å². The van der Waals surface area contributed by atoms with Crippen LogP contribution in [0.5, 0.6) is 0 Å². The molecule has 5 nitrogen and oxygen atoms in total. The summed E-state index contributed by atoms with van der Waals surface area (Å²) in [5.74, 6) is 0.531. The van der Waals surface area contributed by atoms with Gasteiger partial charge in [-0.05, 0) is 39.3 Å². The molecule has 0 aliphatic rings. The maximum Gasteiger partial charge on any atom is 0.239 e. The Balaban J connectivity index is 3.11. The van der Waals surface area contributed by atoms with Gasteiger partial charge in [-0.15, -0.1) is 0 Å². The first-order chi connectivity index (χ1) is 9.03. The van der Waals surface area contributed by atoms with E-state index in [1.807, 2.05) is 38.7 Å². The van der Waals surface area contributed by atoms with Crippen molar-refractivity contribution < 1.29 is 4.79 Å². The third kappa shape index (κ3) is 3.68. The van der Waals surface area contributed by atoms with E-state index in [0.717, 1.165) is 11.3 Å². The molecular weight excluding hydrogens is 240 g/mol. The molecule has 5 heteroatoms. The van der Waals surface area contributed by atoms with Gasteiger partial charge in [0.25, 0.3) is 0 Å². The van der Waals surface area contributed by atoms with Crippen molar-refractivity contribution in [3.05, 3.63) is 22.9 Å². The van der Waals surface area contributed by atoms with Gasteiger partial charge in [-0.25, -0.2) is 4.98 Å². The van der Waals surface area contributed by atoms with E-state index in [1.165, 1.54) is 0 Å². The number of pyridine rings is 1. The van der Waals surface area contributed by atoms with Gasteiger partial charge in [0.1, 0.15) is 11.9 Å². The Morgan fingerprint density at radius 1 is 1.47 bits per heavy atom. The number of amides is 1. The van der Waals surface area contributed by atoms with Crippen molar-refractivity contribution in [1.82, 2.24) is 10.3 Å². The summed E-state index contributed by atoms with van der Waals surface area (Å²) in [5.41, 5.74) is 2.27. The first kappa shape index (κ1) is 15.0. The van der Waals surface area contributed by atoms with E-state index >= 15 is 0 Å². The lowest BCUT2D eigenvalue weighted by Crippen LogP contribution is -2.38. The molecule has 0 radical (unpaired) electrons. The van der Waals surface area contributed by atoms with E-state index in [4.69, 9.17) is 0 Å². The van der Waals surface area contributed by atoms with Gasteiger partial charge >= 0.3 is 0 Å². The van der Waals surface area contributed by atoms with Crippen LogP contribution in [0.4, 0.5) is 5.82 Å². The number of aromatic nitrogens is 1. The van der Waals surface area contributed by atoms with Gasteiger partial charge in [0.15, 0.2) is 0 Å². The molecule has 0 saturated heterocycles. The maximum absolute atomic E-state index is 11.7. The Kier molecular flexibility index (Phi) is 5.31. The lowest BCUT2D eigenvalue weighted by Gasteiger charge is -2.23. The molecule has 0 aromatic carbocycles. The first-order valence-electron chi connectivity index (χ1n) is 6.43. The van der Waals surface area contributed by atoms with E-state index in [2.05, 4.69) is 16.4 Å². The van der Waals surface area contributed by atoms with Crippen molar-refractivity contribution in [3.63, 3.8) is 0 Å². The average molecular weight is 260 g/mol. The SMILES string of the molecule is CCNC(=O)CN(CC)c1nc(C)cc(C)c1C#N. The quantitative estimate of drug-likeness (QED) is 0.871. The first-order valence-corrected chi connectivity index (χ1v) is 6.43. The van der Waals surface area contributed by atoms with Crippen LogP contribution in [0.15, 0.2) is 6.07 Å².